The third-order valence-corrected chi connectivity index (χ3v) is 16.9. The molecule has 52 heavy (non-hydrogen) atoms. The molecule has 7 rings (SSSR count). The highest BCUT2D eigenvalue weighted by Gasteiger charge is 2.72. The molecular formula is C43H65N3O6. The summed E-state index contributed by atoms with van der Waals surface area (Å²) in [6.45, 7) is 15.4. The maximum Gasteiger partial charge on any atom is 0.407 e. The number of aliphatic carboxylic acids is 1. The summed E-state index contributed by atoms with van der Waals surface area (Å²) in [5.41, 5.74) is 0.659. The van der Waals surface area contributed by atoms with E-state index in [9.17, 15) is 19.5 Å². The summed E-state index contributed by atoms with van der Waals surface area (Å²) < 4.78 is 12.0. The van der Waals surface area contributed by atoms with Crippen molar-refractivity contribution in [2.45, 2.75) is 144 Å². The van der Waals surface area contributed by atoms with Crippen LogP contribution in [0, 0.1) is 62.6 Å². The van der Waals surface area contributed by atoms with Crippen molar-refractivity contribution < 1.29 is 29.0 Å². The van der Waals surface area contributed by atoms with Gasteiger partial charge in [0.1, 0.15) is 6.10 Å². The molecule has 0 bridgehead atoms. The maximum absolute atomic E-state index is 13.3. The van der Waals surface area contributed by atoms with E-state index in [1.54, 1.807) is 12.4 Å². The number of nitrogens with one attached hydrogen (secondary N) is 2. The minimum atomic E-state index is -0.693. The van der Waals surface area contributed by atoms with Gasteiger partial charge in [0.05, 0.1) is 12.0 Å². The molecule has 11 atom stereocenters. The molecule has 6 aliphatic carbocycles. The van der Waals surface area contributed by atoms with Crippen LogP contribution in [0.25, 0.3) is 0 Å². The summed E-state index contributed by atoms with van der Waals surface area (Å²) in [6, 6.07) is 4.28. The van der Waals surface area contributed by atoms with Crippen molar-refractivity contribution in [3.05, 3.63) is 30.1 Å². The minimum Gasteiger partial charge on any atom is -0.481 e. The zero-order valence-corrected chi connectivity index (χ0v) is 32.7. The number of hydrogen-bond donors (Lipinski definition) is 3. The van der Waals surface area contributed by atoms with Gasteiger partial charge in [0.25, 0.3) is 0 Å². The number of carboxylic acid groups (broad SMARTS) is 1. The van der Waals surface area contributed by atoms with Crippen LogP contribution in [-0.4, -0.2) is 53.5 Å². The lowest BCUT2D eigenvalue weighted by atomic mass is 9.32. The first kappa shape index (κ1) is 37.5. The number of hydrogen-bond acceptors (Lipinski definition) is 6. The number of nitrogens with zero attached hydrogens (tertiary/aromatic N) is 1. The van der Waals surface area contributed by atoms with E-state index >= 15 is 0 Å². The van der Waals surface area contributed by atoms with E-state index in [1.807, 2.05) is 12.1 Å². The number of rotatable bonds is 10. The normalized spacial score (nSPS) is 40.9. The maximum atomic E-state index is 13.3. The molecule has 6 saturated carbocycles. The van der Waals surface area contributed by atoms with E-state index in [4.69, 9.17) is 9.47 Å². The van der Waals surface area contributed by atoms with Crippen molar-refractivity contribution in [2.75, 3.05) is 13.2 Å². The van der Waals surface area contributed by atoms with Gasteiger partial charge in [0, 0.05) is 30.4 Å². The first-order chi connectivity index (χ1) is 24.7. The van der Waals surface area contributed by atoms with E-state index in [0.29, 0.717) is 36.9 Å². The molecular weight excluding hydrogens is 654 g/mol. The van der Waals surface area contributed by atoms with Gasteiger partial charge in [0.15, 0.2) is 0 Å². The summed E-state index contributed by atoms with van der Waals surface area (Å²) in [7, 11) is 0. The molecule has 6 fully saturated rings. The first-order valence-corrected chi connectivity index (χ1v) is 20.7. The fourth-order valence-corrected chi connectivity index (χ4v) is 13.8. The Bertz CT molecular complexity index is 1500. The Morgan fingerprint density at radius 2 is 1.62 bits per heavy atom. The smallest absolute Gasteiger partial charge is 0.407 e. The van der Waals surface area contributed by atoms with Crippen molar-refractivity contribution in [3.63, 3.8) is 0 Å². The molecule has 0 spiro atoms. The van der Waals surface area contributed by atoms with Crippen LogP contribution in [0.5, 0.6) is 0 Å². The average Bonchev–Trinajstić information content (AvgIpc) is 3.82. The molecule has 0 radical (unpaired) electrons. The molecule has 1 aromatic rings. The number of ether oxygens (including phenoxy) is 2. The molecule has 3 N–H and O–H groups in total. The number of amides is 2. The SMILES string of the molecule is CC(COC(=O)NCCCc1ccncc1)[C@@H]1CC[C@]2(C(=O)O)CC[C@]3(C)C(CCC4[C@@]5(C)CC[C@@H](OC(=O)NC6CC6)C(C)(C)C5CC[C@]43C)C12. The highest BCUT2D eigenvalue weighted by Crippen LogP contribution is 2.77. The second-order valence-electron chi connectivity index (χ2n) is 19.5. The van der Waals surface area contributed by atoms with Gasteiger partial charge in [-0.2, -0.15) is 0 Å². The molecule has 1 aromatic heterocycles. The number of aromatic nitrogens is 1. The van der Waals surface area contributed by atoms with Crippen LogP contribution in [0.4, 0.5) is 9.59 Å². The first-order valence-electron chi connectivity index (χ1n) is 20.7. The van der Waals surface area contributed by atoms with Gasteiger partial charge in [-0.15, -0.1) is 0 Å². The fraction of sp³-hybridized carbons (Fsp3) is 0.814. The van der Waals surface area contributed by atoms with Crippen LogP contribution >= 0.6 is 0 Å². The Morgan fingerprint density at radius 3 is 2.33 bits per heavy atom. The van der Waals surface area contributed by atoms with E-state index in [1.165, 1.54) is 5.56 Å². The number of pyridine rings is 1. The zero-order chi connectivity index (χ0) is 37.1. The molecule has 6 aliphatic rings. The van der Waals surface area contributed by atoms with Crippen LogP contribution in [0.1, 0.15) is 131 Å². The van der Waals surface area contributed by atoms with Crippen molar-refractivity contribution in [3.8, 4) is 0 Å². The molecule has 2 amide bonds. The van der Waals surface area contributed by atoms with Crippen LogP contribution in [0.15, 0.2) is 24.5 Å². The lowest BCUT2D eigenvalue weighted by Gasteiger charge is -2.72. The van der Waals surface area contributed by atoms with Gasteiger partial charge >= 0.3 is 18.2 Å². The Kier molecular flexibility index (Phi) is 9.93. The predicted molar refractivity (Wildman–Crippen MR) is 199 cm³/mol. The molecule has 0 aromatic carbocycles. The molecule has 0 saturated heterocycles. The molecule has 0 aliphatic heterocycles. The third kappa shape index (κ3) is 6.21. The van der Waals surface area contributed by atoms with Crippen LogP contribution in [0.3, 0.4) is 0 Å². The van der Waals surface area contributed by atoms with E-state index in [2.05, 4.69) is 57.2 Å². The molecule has 9 heteroatoms. The van der Waals surface area contributed by atoms with Gasteiger partial charge in [-0.25, -0.2) is 9.59 Å². The molecule has 9 nitrogen and oxygen atoms in total. The second kappa shape index (κ2) is 13.8. The van der Waals surface area contributed by atoms with Gasteiger partial charge in [-0.05, 0) is 159 Å². The Hall–Kier alpha value is -2.84. The van der Waals surface area contributed by atoms with Crippen molar-refractivity contribution >= 4 is 18.2 Å². The Labute approximate surface area is 311 Å². The highest BCUT2D eigenvalue weighted by molar-refractivity contribution is 5.76. The summed E-state index contributed by atoms with van der Waals surface area (Å²) in [4.78, 5) is 42.9. The number of fused-ring (bicyclic) bond motifs is 7. The monoisotopic (exact) mass is 719 g/mol. The average molecular weight is 720 g/mol. The Balaban J connectivity index is 1.04. The van der Waals surface area contributed by atoms with Crippen LogP contribution in [0.2, 0.25) is 0 Å². The van der Waals surface area contributed by atoms with Gasteiger partial charge in [-0.3, -0.25) is 9.78 Å². The summed E-state index contributed by atoms with van der Waals surface area (Å²) in [5.74, 6) is 1.10. The highest BCUT2D eigenvalue weighted by atomic mass is 16.6. The standard InChI is InChI=1S/C43H65N3O6/c1-27(26-51-37(49)45-23-7-8-28-16-24-44-25-17-28)30-13-20-43(36(47)48)22-21-41(5)31(35(30)43)11-12-33-40(4)18-15-34(52-38(50)46-29-9-10-29)39(2,3)32(40)14-19-42(33,41)6/h16-17,24-25,27,29-35H,7-15,18-23,26H2,1-6H3,(H,45,49)(H,46,50)(H,47,48)/t27?,30-,31?,32?,33?,34+,35?,40-,41+,42+,43-/m0/s1. The van der Waals surface area contributed by atoms with Gasteiger partial charge < -0.3 is 25.2 Å². The number of alkyl carbamates (subject to hydrolysis) is 2. The number of aryl methyl sites for hydroxylation is 1. The van der Waals surface area contributed by atoms with Gasteiger partial charge in [0.2, 0.25) is 0 Å². The second-order valence-corrected chi connectivity index (χ2v) is 19.5. The summed E-state index contributed by atoms with van der Waals surface area (Å²) >= 11 is 0. The molecule has 288 valence electrons. The Morgan fingerprint density at radius 1 is 0.865 bits per heavy atom. The molecule has 5 unspecified atom stereocenters. The minimum absolute atomic E-state index is 0.0323. The van der Waals surface area contributed by atoms with Crippen molar-refractivity contribution in [2.24, 2.45) is 62.6 Å². The van der Waals surface area contributed by atoms with Crippen molar-refractivity contribution in [1.29, 1.82) is 0 Å². The lowest BCUT2D eigenvalue weighted by molar-refractivity contribution is -0.249. The van der Waals surface area contributed by atoms with Gasteiger partial charge in [-0.1, -0.05) is 41.5 Å². The number of carbonyl (C=O) groups is 3. The topological polar surface area (TPSA) is 127 Å². The van der Waals surface area contributed by atoms with E-state index in [-0.39, 0.29) is 57.7 Å². The van der Waals surface area contributed by atoms with Crippen LogP contribution < -0.4 is 10.6 Å². The van der Waals surface area contributed by atoms with E-state index < -0.39 is 11.4 Å². The third-order valence-electron chi connectivity index (χ3n) is 16.9. The zero-order valence-electron chi connectivity index (χ0n) is 32.7. The van der Waals surface area contributed by atoms with Crippen molar-refractivity contribution in [1.82, 2.24) is 15.6 Å². The van der Waals surface area contributed by atoms with Crippen LogP contribution in [-0.2, 0) is 20.7 Å². The summed E-state index contributed by atoms with van der Waals surface area (Å²) in [6.07, 6.45) is 16.3. The predicted octanol–water partition coefficient (Wildman–Crippen LogP) is 8.80. The fourth-order valence-electron chi connectivity index (χ4n) is 13.8. The van der Waals surface area contributed by atoms with E-state index in [0.717, 1.165) is 89.9 Å². The summed E-state index contributed by atoms with van der Waals surface area (Å²) in [5, 5.41) is 16.9. The lowest BCUT2D eigenvalue weighted by Crippen LogP contribution is -2.67. The largest absolute Gasteiger partial charge is 0.481 e. The quantitative estimate of drug-likeness (QED) is 0.206. The number of carbonyl (C=O) groups excluding carboxylic acids is 2. The molecule has 1 heterocycles. The number of carboxylic acids is 1.